The summed E-state index contributed by atoms with van der Waals surface area (Å²) in [5, 5.41) is 0. The van der Waals surface area contributed by atoms with Gasteiger partial charge in [-0.1, -0.05) is 19.8 Å². The summed E-state index contributed by atoms with van der Waals surface area (Å²) in [5.74, 6) is -0.361. The van der Waals surface area contributed by atoms with E-state index in [4.69, 9.17) is 18.5 Å². The fourth-order valence-electron chi connectivity index (χ4n) is 2.66. The summed E-state index contributed by atoms with van der Waals surface area (Å²) in [4.78, 5) is 37.5. The van der Waals surface area contributed by atoms with Gasteiger partial charge in [0.25, 0.3) is 5.56 Å². The predicted molar refractivity (Wildman–Crippen MR) is 112 cm³/mol. The van der Waals surface area contributed by atoms with Crippen LogP contribution in [0.5, 0.6) is 0 Å². The number of H-pyrrole nitrogens is 1. The maximum atomic E-state index is 12.4. The van der Waals surface area contributed by atoms with Crippen molar-refractivity contribution in [1.82, 2.24) is 9.55 Å². The zero-order valence-electron chi connectivity index (χ0n) is 18.0. The van der Waals surface area contributed by atoms with Crippen molar-refractivity contribution < 1.29 is 27.9 Å². The maximum absolute atomic E-state index is 12.4. The van der Waals surface area contributed by atoms with Crippen molar-refractivity contribution in [3.8, 4) is 0 Å². The molecule has 1 N–H and O–H groups in total. The Morgan fingerprint density at radius 1 is 1.17 bits per heavy atom. The lowest BCUT2D eigenvalue weighted by atomic mass is 10.2. The standard InChI is InChI=1S/C19H33N2O8P/c1-4-7-8-9-18(23)29-16(14-21-12-10-17(22)20-19(21)24)11-13-26-15-30(25,27-5-2)28-6-3/h10,12,16H,4-9,11,13-15H2,1-3H3,(H,20,22,24). The third-order valence-corrected chi connectivity index (χ3v) is 5.87. The quantitative estimate of drug-likeness (QED) is 0.232. The highest BCUT2D eigenvalue weighted by atomic mass is 31.2. The number of esters is 1. The van der Waals surface area contributed by atoms with E-state index >= 15 is 0 Å². The van der Waals surface area contributed by atoms with Crippen LogP contribution < -0.4 is 11.2 Å². The SMILES string of the molecule is CCCCCC(=O)OC(CCOCP(=O)(OCC)OCC)Cn1ccc(=O)[nH]c1=O. The van der Waals surface area contributed by atoms with E-state index in [0.717, 1.165) is 19.3 Å². The normalized spacial score (nSPS) is 12.6. The topological polar surface area (TPSA) is 126 Å². The van der Waals surface area contributed by atoms with Crippen molar-refractivity contribution in [2.45, 2.75) is 65.5 Å². The third kappa shape index (κ3) is 10.3. The molecule has 0 amide bonds. The summed E-state index contributed by atoms with van der Waals surface area (Å²) in [6, 6.07) is 1.22. The molecular weight excluding hydrogens is 415 g/mol. The summed E-state index contributed by atoms with van der Waals surface area (Å²) in [7, 11) is -3.33. The average Bonchev–Trinajstić information content (AvgIpc) is 2.68. The summed E-state index contributed by atoms with van der Waals surface area (Å²) in [6.07, 6.45) is 3.66. The van der Waals surface area contributed by atoms with E-state index in [9.17, 15) is 18.9 Å². The maximum Gasteiger partial charge on any atom is 0.356 e. The Labute approximate surface area is 176 Å². The molecule has 1 heterocycles. The molecule has 0 spiro atoms. The molecule has 1 aromatic rings. The number of aromatic nitrogens is 2. The first-order valence-electron chi connectivity index (χ1n) is 10.3. The van der Waals surface area contributed by atoms with E-state index in [2.05, 4.69) is 4.98 Å². The molecule has 10 nitrogen and oxygen atoms in total. The van der Waals surface area contributed by atoms with Crippen LogP contribution in [0, 0.1) is 0 Å². The fourth-order valence-corrected chi connectivity index (χ4v) is 4.02. The van der Waals surface area contributed by atoms with Crippen molar-refractivity contribution in [3.63, 3.8) is 0 Å². The largest absolute Gasteiger partial charge is 0.460 e. The van der Waals surface area contributed by atoms with Gasteiger partial charge in [-0.15, -0.1) is 0 Å². The number of hydrogen-bond acceptors (Lipinski definition) is 8. The zero-order chi connectivity index (χ0) is 22.4. The average molecular weight is 448 g/mol. The van der Waals surface area contributed by atoms with E-state index < -0.39 is 24.9 Å². The second-order valence-corrected chi connectivity index (χ2v) is 8.60. The molecule has 11 heteroatoms. The lowest BCUT2D eigenvalue weighted by Gasteiger charge is -2.20. The molecule has 0 aliphatic carbocycles. The summed E-state index contributed by atoms with van der Waals surface area (Å²) < 4.78 is 35.0. The van der Waals surface area contributed by atoms with Crippen LogP contribution in [0.15, 0.2) is 21.9 Å². The van der Waals surface area contributed by atoms with Crippen LogP contribution in [0.25, 0.3) is 0 Å². The van der Waals surface area contributed by atoms with Gasteiger partial charge in [0.15, 0.2) is 0 Å². The number of aromatic amines is 1. The van der Waals surface area contributed by atoms with E-state index in [0.29, 0.717) is 0 Å². The van der Waals surface area contributed by atoms with Gasteiger partial charge < -0.3 is 18.5 Å². The Kier molecular flexibility index (Phi) is 12.5. The van der Waals surface area contributed by atoms with E-state index in [1.807, 2.05) is 6.92 Å². The lowest BCUT2D eigenvalue weighted by Crippen LogP contribution is -2.34. The van der Waals surface area contributed by atoms with Gasteiger partial charge >= 0.3 is 19.3 Å². The van der Waals surface area contributed by atoms with Crippen molar-refractivity contribution in [3.05, 3.63) is 33.1 Å². The van der Waals surface area contributed by atoms with Crippen LogP contribution in [-0.2, 0) is 34.4 Å². The number of ether oxygens (including phenoxy) is 2. The van der Waals surface area contributed by atoms with Crippen molar-refractivity contribution in [1.29, 1.82) is 0 Å². The molecule has 0 radical (unpaired) electrons. The first-order valence-corrected chi connectivity index (χ1v) is 12.0. The van der Waals surface area contributed by atoms with E-state index in [1.165, 1.54) is 16.8 Å². The van der Waals surface area contributed by atoms with Gasteiger partial charge in [-0.25, -0.2) is 4.79 Å². The van der Waals surface area contributed by atoms with E-state index in [1.54, 1.807) is 13.8 Å². The van der Waals surface area contributed by atoms with Gasteiger partial charge in [0.2, 0.25) is 0 Å². The van der Waals surface area contributed by atoms with Gasteiger partial charge in [-0.2, -0.15) is 0 Å². The molecule has 0 aliphatic rings. The Morgan fingerprint density at radius 3 is 2.47 bits per heavy atom. The van der Waals surface area contributed by atoms with Crippen molar-refractivity contribution >= 4 is 13.6 Å². The second kappa shape index (κ2) is 14.3. The molecule has 0 aromatic carbocycles. The van der Waals surface area contributed by atoms with Crippen molar-refractivity contribution in [2.75, 3.05) is 26.2 Å². The number of hydrogen-bond donors (Lipinski definition) is 1. The molecule has 1 atom stereocenters. The van der Waals surface area contributed by atoms with Crippen LogP contribution in [-0.4, -0.2) is 47.8 Å². The zero-order valence-corrected chi connectivity index (χ0v) is 18.9. The molecular formula is C19H33N2O8P. The number of rotatable bonds is 16. The molecule has 1 rings (SSSR count). The molecule has 0 aliphatic heterocycles. The van der Waals surface area contributed by atoms with Gasteiger partial charge in [0.05, 0.1) is 26.4 Å². The summed E-state index contributed by atoms with van der Waals surface area (Å²) in [6.45, 7) is 6.10. The van der Waals surface area contributed by atoms with Gasteiger partial charge in [-0.3, -0.25) is 23.7 Å². The molecule has 0 fully saturated rings. The molecule has 0 bridgehead atoms. The number of nitrogens with one attached hydrogen (secondary N) is 1. The monoisotopic (exact) mass is 448 g/mol. The highest BCUT2D eigenvalue weighted by molar-refractivity contribution is 7.53. The highest BCUT2D eigenvalue weighted by Crippen LogP contribution is 2.47. The molecule has 1 unspecified atom stereocenters. The molecule has 30 heavy (non-hydrogen) atoms. The lowest BCUT2D eigenvalue weighted by molar-refractivity contribution is -0.150. The van der Waals surface area contributed by atoms with Gasteiger partial charge in [0, 0.05) is 25.1 Å². The van der Waals surface area contributed by atoms with Gasteiger partial charge in [-0.05, 0) is 20.3 Å². The Morgan fingerprint density at radius 2 is 1.87 bits per heavy atom. The number of carbonyl (C=O) groups excluding carboxylic acids is 1. The van der Waals surface area contributed by atoms with Crippen LogP contribution in [0.2, 0.25) is 0 Å². The Bertz CT molecular complexity index is 781. The number of carbonyl (C=O) groups is 1. The fraction of sp³-hybridized carbons (Fsp3) is 0.737. The van der Waals surface area contributed by atoms with E-state index in [-0.39, 0.29) is 51.5 Å². The summed E-state index contributed by atoms with van der Waals surface area (Å²) >= 11 is 0. The van der Waals surface area contributed by atoms with Crippen LogP contribution in [0.3, 0.4) is 0 Å². The molecule has 0 saturated heterocycles. The Hall–Kier alpha value is -1.74. The smallest absolute Gasteiger partial charge is 0.356 e. The first-order chi connectivity index (χ1) is 14.3. The molecule has 172 valence electrons. The highest BCUT2D eigenvalue weighted by Gasteiger charge is 2.24. The predicted octanol–water partition coefficient (Wildman–Crippen LogP) is 2.66. The number of unbranched alkanes of at least 4 members (excludes halogenated alkanes) is 2. The van der Waals surface area contributed by atoms with Gasteiger partial charge in [0.1, 0.15) is 12.5 Å². The minimum absolute atomic E-state index is 0.0626. The minimum Gasteiger partial charge on any atom is -0.460 e. The second-order valence-electron chi connectivity index (χ2n) is 6.60. The first kappa shape index (κ1) is 26.3. The third-order valence-electron chi connectivity index (χ3n) is 4.06. The van der Waals surface area contributed by atoms with Crippen LogP contribution >= 0.6 is 7.60 Å². The minimum atomic E-state index is -3.33. The van der Waals surface area contributed by atoms with Crippen LogP contribution in [0.4, 0.5) is 0 Å². The Balaban J connectivity index is 2.70. The number of nitrogens with zero attached hydrogens (tertiary/aromatic N) is 1. The van der Waals surface area contributed by atoms with Crippen molar-refractivity contribution in [2.24, 2.45) is 0 Å². The van der Waals surface area contributed by atoms with Crippen LogP contribution in [0.1, 0.15) is 52.9 Å². The molecule has 1 aromatic heterocycles. The molecule has 0 saturated carbocycles. The summed E-state index contributed by atoms with van der Waals surface area (Å²) in [5.41, 5.74) is -1.09.